The van der Waals surface area contributed by atoms with Crippen molar-refractivity contribution in [3.8, 4) is 0 Å². The Bertz CT molecular complexity index is 938. The smallest absolute Gasteiger partial charge is 0.270 e. The van der Waals surface area contributed by atoms with Crippen LogP contribution in [0.2, 0.25) is 0 Å². The first-order chi connectivity index (χ1) is 14.5. The summed E-state index contributed by atoms with van der Waals surface area (Å²) in [5.74, 6) is -0.476. The fraction of sp³-hybridized carbons (Fsp3) is 0.409. The van der Waals surface area contributed by atoms with Crippen LogP contribution in [0.15, 0.2) is 42.5 Å². The minimum absolute atomic E-state index is 0.0795. The number of nitro benzene ring substituents is 1. The third kappa shape index (κ3) is 4.08. The Morgan fingerprint density at radius 1 is 0.867 bits per heavy atom. The van der Waals surface area contributed by atoms with E-state index in [0.29, 0.717) is 37.4 Å². The predicted octanol–water partition coefficient (Wildman–Crippen LogP) is 3.69. The fourth-order valence-electron chi connectivity index (χ4n) is 4.25. The molecule has 0 N–H and O–H groups in total. The van der Waals surface area contributed by atoms with Crippen molar-refractivity contribution in [2.75, 3.05) is 49.1 Å². The molecular formula is C22H25FN4O3. The van der Waals surface area contributed by atoms with Gasteiger partial charge in [-0.2, -0.15) is 0 Å². The van der Waals surface area contributed by atoms with Crippen molar-refractivity contribution in [2.24, 2.45) is 0 Å². The van der Waals surface area contributed by atoms with Crippen molar-refractivity contribution >= 4 is 23.0 Å². The van der Waals surface area contributed by atoms with Crippen LogP contribution in [0.3, 0.4) is 0 Å². The summed E-state index contributed by atoms with van der Waals surface area (Å²) >= 11 is 0. The van der Waals surface area contributed by atoms with E-state index in [9.17, 15) is 19.3 Å². The van der Waals surface area contributed by atoms with Crippen molar-refractivity contribution in [3.05, 3.63) is 64.0 Å². The third-order valence-electron chi connectivity index (χ3n) is 5.88. The maximum absolute atomic E-state index is 14.1. The van der Waals surface area contributed by atoms with Crippen molar-refractivity contribution in [3.63, 3.8) is 0 Å². The molecule has 4 rings (SSSR count). The number of anilines is 2. The predicted molar refractivity (Wildman–Crippen MR) is 114 cm³/mol. The van der Waals surface area contributed by atoms with Gasteiger partial charge in [0, 0.05) is 51.4 Å². The van der Waals surface area contributed by atoms with E-state index in [1.807, 2.05) is 4.90 Å². The van der Waals surface area contributed by atoms with Gasteiger partial charge in [-0.3, -0.25) is 14.9 Å². The fourth-order valence-corrected chi connectivity index (χ4v) is 4.25. The largest absolute Gasteiger partial charge is 0.371 e. The standard InChI is InChI=1S/C22H25FN4O3/c23-19-6-2-3-7-21(19)25-12-14-26(15-13-25)22(28)18-16-17(27(29)30)8-9-20(18)24-10-4-1-5-11-24/h2-3,6-9,16H,1,4-5,10-15H2. The number of non-ortho nitro benzene ring substituents is 1. The van der Waals surface area contributed by atoms with Crippen LogP contribution < -0.4 is 9.80 Å². The number of amides is 1. The van der Waals surface area contributed by atoms with Gasteiger partial charge in [0.2, 0.25) is 0 Å². The topological polar surface area (TPSA) is 69.9 Å². The van der Waals surface area contributed by atoms with Crippen LogP contribution in [-0.2, 0) is 0 Å². The molecule has 0 unspecified atom stereocenters. The van der Waals surface area contributed by atoms with E-state index in [2.05, 4.69) is 4.90 Å². The summed E-state index contributed by atoms with van der Waals surface area (Å²) in [5, 5.41) is 11.3. The molecule has 2 saturated heterocycles. The highest BCUT2D eigenvalue weighted by molar-refractivity contribution is 6.00. The van der Waals surface area contributed by atoms with Gasteiger partial charge in [-0.05, 0) is 37.5 Å². The Labute approximate surface area is 174 Å². The van der Waals surface area contributed by atoms with E-state index >= 15 is 0 Å². The maximum atomic E-state index is 14.1. The zero-order valence-electron chi connectivity index (χ0n) is 16.8. The number of nitro groups is 1. The number of benzene rings is 2. The van der Waals surface area contributed by atoms with Crippen LogP contribution in [0.1, 0.15) is 29.6 Å². The molecule has 2 aromatic carbocycles. The van der Waals surface area contributed by atoms with Gasteiger partial charge in [-0.25, -0.2) is 4.39 Å². The number of halogens is 1. The Hall–Kier alpha value is -3.16. The van der Waals surface area contributed by atoms with Crippen LogP contribution in [0.5, 0.6) is 0 Å². The van der Waals surface area contributed by atoms with Gasteiger partial charge in [-0.1, -0.05) is 12.1 Å². The lowest BCUT2D eigenvalue weighted by molar-refractivity contribution is -0.384. The molecule has 30 heavy (non-hydrogen) atoms. The molecule has 0 aliphatic carbocycles. The summed E-state index contributed by atoms with van der Waals surface area (Å²) in [4.78, 5) is 30.0. The average molecular weight is 412 g/mol. The first-order valence-electron chi connectivity index (χ1n) is 10.4. The third-order valence-corrected chi connectivity index (χ3v) is 5.88. The van der Waals surface area contributed by atoms with Gasteiger partial charge in [0.05, 0.1) is 21.9 Å². The normalized spacial score (nSPS) is 17.2. The van der Waals surface area contributed by atoms with E-state index in [4.69, 9.17) is 0 Å². The number of piperidine rings is 1. The van der Waals surface area contributed by atoms with Gasteiger partial charge in [-0.15, -0.1) is 0 Å². The molecule has 2 aliphatic rings. The number of hydrogen-bond donors (Lipinski definition) is 0. The lowest BCUT2D eigenvalue weighted by atomic mass is 10.0. The van der Waals surface area contributed by atoms with Crippen LogP contribution in [0.4, 0.5) is 21.5 Å². The molecule has 0 radical (unpaired) electrons. The van der Waals surface area contributed by atoms with E-state index in [1.54, 1.807) is 29.2 Å². The Morgan fingerprint density at radius 2 is 1.53 bits per heavy atom. The lowest BCUT2D eigenvalue weighted by Crippen LogP contribution is -2.49. The molecule has 158 valence electrons. The van der Waals surface area contributed by atoms with Crippen molar-refractivity contribution < 1.29 is 14.1 Å². The highest BCUT2D eigenvalue weighted by atomic mass is 19.1. The second kappa shape index (κ2) is 8.69. The Balaban J connectivity index is 1.54. The first-order valence-corrected chi connectivity index (χ1v) is 10.4. The SMILES string of the molecule is O=C(c1cc([N+](=O)[O-])ccc1N1CCCCC1)N1CCN(c2ccccc2F)CC1. The van der Waals surface area contributed by atoms with Crippen LogP contribution in [-0.4, -0.2) is 55.0 Å². The molecule has 7 nitrogen and oxygen atoms in total. The van der Waals surface area contributed by atoms with Gasteiger partial charge in [0.1, 0.15) is 5.82 Å². The Kier molecular flexibility index (Phi) is 5.83. The number of rotatable bonds is 4. The van der Waals surface area contributed by atoms with Crippen LogP contribution >= 0.6 is 0 Å². The molecule has 0 spiro atoms. The molecule has 8 heteroatoms. The molecule has 0 bridgehead atoms. The molecular weight excluding hydrogens is 387 g/mol. The van der Waals surface area contributed by atoms with E-state index < -0.39 is 4.92 Å². The highest BCUT2D eigenvalue weighted by Crippen LogP contribution is 2.30. The van der Waals surface area contributed by atoms with Crippen LogP contribution in [0.25, 0.3) is 0 Å². The van der Waals surface area contributed by atoms with Crippen LogP contribution in [0, 0.1) is 15.9 Å². The van der Waals surface area contributed by atoms with Gasteiger partial charge < -0.3 is 14.7 Å². The van der Waals surface area contributed by atoms with Crippen molar-refractivity contribution in [1.29, 1.82) is 0 Å². The van der Waals surface area contributed by atoms with Crippen molar-refractivity contribution in [2.45, 2.75) is 19.3 Å². The first kappa shape index (κ1) is 20.1. The molecule has 0 saturated carbocycles. The summed E-state index contributed by atoms with van der Waals surface area (Å²) in [6, 6.07) is 11.2. The molecule has 2 heterocycles. The highest BCUT2D eigenvalue weighted by Gasteiger charge is 2.28. The monoisotopic (exact) mass is 412 g/mol. The van der Waals surface area contributed by atoms with Gasteiger partial charge in [0.15, 0.2) is 0 Å². The van der Waals surface area contributed by atoms with Gasteiger partial charge in [0.25, 0.3) is 11.6 Å². The lowest BCUT2D eigenvalue weighted by Gasteiger charge is -2.37. The summed E-state index contributed by atoms with van der Waals surface area (Å²) in [6.45, 7) is 3.60. The molecule has 1 amide bonds. The van der Waals surface area contributed by atoms with E-state index in [-0.39, 0.29) is 17.4 Å². The summed E-state index contributed by atoms with van der Waals surface area (Å²) in [5.41, 5.74) is 1.60. The molecule has 0 aromatic heterocycles. The second-order valence-corrected chi connectivity index (χ2v) is 7.74. The number of carbonyl (C=O) groups is 1. The van der Waals surface area contributed by atoms with E-state index in [0.717, 1.165) is 38.0 Å². The number of hydrogen-bond acceptors (Lipinski definition) is 5. The average Bonchev–Trinajstić information content (AvgIpc) is 2.79. The van der Waals surface area contributed by atoms with Crippen molar-refractivity contribution in [1.82, 2.24) is 4.90 Å². The number of para-hydroxylation sites is 1. The molecule has 0 atom stereocenters. The molecule has 2 fully saturated rings. The number of nitrogens with zero attached hydrogens (tertiary/aromatic N) is 4. The quantitative estimate of drug-likeness (QED) is 0.566. The Morgan fingerprint density at radius 3 is 2.20 bits per heavy atom. The van der Waals surface area contributed by atoms with E-state index in [1.165, 1.54) is 18.2 Å². The van der Waals surface area contributed by atoms with Gasteiger partial charge >= 0.3 is 0 Å². The molecule has 2 aliphatic heterocycles. The number of carbonyl (C=O) groups excluding carboxylic acids is 1. The minimum atomic E-state index is -0.465. The minimum Gasteiger partial charge on any atom is -0.371 e. The zero-order valence-corrected chi connectivity index (χ0v) is 16.8. The molecule has 2 aromatic rings. The summed E-state index contributed by atoms with van der Waals surface area (Å²) in [6.07, 6.45) is 3.25. The summed E-state index contributed by atoms with van der Waals surface area (Å²) in [7, 11) is 0. The second-order valence-electron chi connectivity index (χ2n) is 7.74. The zero-order chi connectivity index (χ0) is 21.1. The maximum Gasteiger partial charge on any atom is 0.270 e. The summed E-state index contributed by atoms with van der Waals surface area (Å²) < 4.78 is 14.1. The number of piperazine rings is 1.